The van der Waals surface area contributed by atoms with Crippen LogP contribution in [0.25, 0.3) is 0 Å². The SMILES string of the molecule is COCC1CC2(CCN(S(=O)(=O)c3cccc(C)c3)CC2)CO1. The largest absolute Gasteiger partial charge is 0.382 e. The lowest BCUT2D eigenvalue weighted by molar-refractivity contribution is 0.0312. The highest BCUT2D eigenvalue weighted by atomic mass is 32.2. The first-order chi connectivity index (χ1) is 11.0. The fourth-order valence-corrected chi connectivity index (χ4v) is 5.21. The summed E-state index contributed by atoms with van der Waals surface area (Å²) in [4.78, 5) is 0.397. The van der Waals surface area contributed by atoms with Crippen LogP contribution in [0.5, 0.6) is 0 Å². The van der Waals surface area contributed by atoms with Crippen LogP contribution in [0, 0.1) is 12.3 Å². The van der Waals surface area contributed by atoms with E-state index in [1.807, 2.05) is 13.0 Å². The Labute approximate surface area is 138 Å². The van der Waals surface area contributed by atoms with Crippen molar-refractivity contribution in [2.24, 2.45) is 5.41 Å². The zero-order valence-electron chi connectivity index (χ0n) is 13.8. The van der Waals surface area contributed by atoms with Crippen LogP contribution in [-0.4, -0.2) is 52.2 Å². The van der Waals surface area contributed by atoms with Crippen LogP contribution < -0.4 is 0 Å². The van der Waals surface area contributed by atoms with Gasteiger partial charge in [-0.3, -0.25) is 0 Å². The Morgan fingerprint density at radius 1 is 1.35 bits per heavy atom. The molecule has 2 aliphatic rings. The van der Waals surface area contributed by atoms with Gasteiger partial charge in [0.15, 0.2) is 0 Å². The number of rotatable bonds is 4. The van der Waals surface area contributed by atoms with Gasteiger partial charge in [0.2, 0.25) is 10.0 Å². The van der Waals surface area contributed by atoms with Crippen molar-refractivity contribution in [2.75, 3.05) is 33.4 Å². The van der Waals surface area contributed by atoms with E-state index < -0.39 is 10.0 Å². The van der Waals surface area contributed by atoms with Gasteiger partial charge < -0.3 is 9.47 Å². The smallest absolute Gasteiger partial charge is 0.243 e. The Balaban J connectivity index is 1.67. The molecule has 0 aromatic heterocycles. The maximum absolute atomic E-state index is 12.8. The van der Waals surface area contributed by atoms with E-state index in [1.165, 1.54) is 0 Å². The van der Waals surface area contributed by atoms with E-state index in [1.54, 1.807) is 29.6 Å². The van der Waals surface area contributed by atoms with Crippen molar-refractivity contribution in [1.82, 2.24) is 4.31 Å². The van der Waals surface area contributed by atoms with Gasteiger partial charge in [0, 0.05) is 20.2 Å². The van der Waals surface area contributed by atoms with E-state index in [4.69, 9.17) is 9.47 Å². The monoisotopic (exact) mass is 339 g/mol. The molecular weight excluding hydrogens is 314 g/mol. The zero-order chi connectivity index (χ0) is 16.5. The first-order valence-electron chi connectivity index (χ1n) is 8.13. The highest BCUT2D eigenvalue weighted by Crippen LogP contribution is 2.42. The number of hydrogen-bond acceptors (Lipinski definition) is 4. The molecule has 1 atom stereocenters. The van der Waals surface area contributed by atoms with E-state index in [9.17, 15) is 8.42 Å². The van der Waals surface area contributed by atoms with E-state index in [0.29, 0.717) is 24.6 Å². The van der Waals surface area contributed by atoms with Crippen molar-refractivity contribution in [1.29, 1.82) is 0 Å². The first kappa shape index (κ1) is 16.9. The van der Waals surface area contributed by atoms with Crippen LogP contribution in [0.4, 0.5) is 0 Å². The van der Waals surface area contributed by atoms with Gasteiger partial charge in [0.25, 0.3) is 0 Å². The summed E-state index contributed by atoms with van der Waals surface area (Å²) in [5.41, 5.74) is 1.09. The Kier molecular flexibility index (Phi) is 4.78. The highest BCUT2D eigenvalue weighted by molar-refractivity contribution is 7.89. The van der Waals surface area contributed by atoms with E-state index in [2.05, 4.69) is 0 Å². The predicted molar refractivity (Wildman–Crippen MR) is 87.8 cm³/mol. The molecule has 128 valence electrons. The fourth-order valence-electron chi connectivity index (χ4n) is 3.66. The molecule has 0 bridgehead atoms. The van der Waals surface area contributed by atoms with Gasteiger partial charge in [-0.15, -0.1) is 0 Å². The molecule has 2 saturated heterocycles. The van der Waals surface area contributed by atoms with Crippen molar-refractivity contribution in [3.63, 3.8) is 0 Å². The van der Waals surface area contributed by atoms with Gasteiger partial charge in [0.1, 0.15) is 0 Å². The average Bonchev–Trinajstić information content (AvgIpc) is 2.91. The fraction of sp³-hybridized carbons (Fsp3) is 0.647. The standard InChI is InChI=1S/C17H25NO4S/c1-14-4-3-5-16(10-14)23(19,20)18-8-6-17(7-9-18)11-15(12-21-2)22-13-17/h3-5,10,15H,6-9,11-13H2,1-2H3. The van der Waals surface area contributed by atoms with Crippen molar-refractivity contribution in [3.05, 3.63) is 29.8 Å². The van der Waals surface area contributed by atoms with Crippen molar-refractivity contribution < 1.29 is 17.9 Å². The molecule has 6 heteroatoms. The summed E-state index contributed by atoms with van der Waals surface area (Å²) < 4.78 is 38.2. The number of methoxy groups -OCH3 is 1. The van der Waals surface area contributed by atoms with Crippen LogP contribution in [0.1, 0.15) is 24.8 Å². The molecule has 0 amide bonds. The topological polar surface area (TPSA) is 55.8 Å². The lowest BCUT2D eigenvalue weighted by Gasteiger charge is -2.37. The van der Waals surface area contributed by atoms with Crippen molar-refractivity contribution in [3.8, 4) is 0 Å². The van der Waals surface area contributed by atoms with Gasteiger partial charge in [-0.2, -0.15) is 4.31 Å². The Hall–Kier alpha value is -0.950. The molecule has 1 aromatic rings. The second-order valence-electron chi connectivity index (χ2n) is 6.81. The van der Waals surface area contributed by atoms with Crippen LogP contribution in [0.15, 0.2) is 29.2 Å². The number of aryl methyl sites for hydroxylation is 1. The molecule has 2 aliphatic heterocycles. The van der Waals surface area contributed by atoms with Crippen LogP contribution in [-0.2, 0) is 19.5 Å². The van der Waals surface area contributed by atoms with Crippen molar-refractivity contribution >= 4 is 10.0 Å². The zero-order valence-corrected chi connectivity index (χ0v) is 14.6. The maximum atomic E-state index is 12.8. The Morgan fingerprint density at radius 3 is 2.74 bits per heavy atom. The molecule has 1 aromatic carbocycles. The number of benzene rings is 1. The quantitative estimate of drug-likeness (QED) is 0.844. The molecule has 23 heavy (non-hydrogen) atoms. The third-order valence-corrected chi connectivity index (χ3v) is 6.94. The van der Waals surface area contributed by atoms with Gasteiger partial charge in [0.05, 0.1) is 24.2 Å². The molecule has 1 spiro atoms. The van der Waals surface area contributed by atoms with Crippen LogP contribution in [0.3, 0.4) is 0 Å². The lowest BCUT2D eigenvalue weighted by Crippen LogP contribution is -2.43. The molecule has 1 unspecified atom stereocenters. The summed E-state index contributed by atoms with van der Waals surface area (Å²) in [6.07, 6.45) is 2.84. The molecule has 3 rings (SSSR count). The normalized spacial score (nSPS) is 25.0. The predicted octanol–water partition coefficient (Wildman–Crippen LogP) is 2.20. The average molecular weight is 339 g/mol. The Bertz CT molecular complexity index is 650. The summed E-state index contributed by atoms with van der Waals surface area (Å²) in [7, 11) is -1.70. The minimum atomic E-state index is -3.39. The molecule has 0 saturated carbocycles. The van der Waals surface area contributed by atoms with Gasteiger partial charge in [-0.1, -0.05) is 12.1 Å². The molecule has 0 N–H and O–H groups in total. The number of ether oxygens (including phenoxy) is 2. The van der Waals surface area contributed by atoms with Crippen molar-refractivity contribution in [2.45, 2.75) is 37.2 Å². The summed E-state index contributed by atoms with van der Waals surface area (Å²) in [5.74, 6) is 0. The van der Waals surface area contributed by atoms with Crippen LogP contribution in [0.2, 0.25) is 0 Å². The highest BCUT2D eigenvalue weighted by Gasteiger charge is 2.44. The van der Waals surface area contributed by atoms with Crippen LogP contribution >= 0.6 is 0 Å². The second kappa shape index (κ2) is 6.51. The summed E-state index contributed by atoms with van der Waals surface area (Å²) in [6, 6.07) is 7.14. The molecular formula is C17H25NO4S. The number of nitrogens with zero attached hydrogens (tertiary/aromatic N) is 1. The molecule has 0 radical (unpaired) electrons. The maximum Gasteiger partial charge on any atom is 0.243 e. The summed E-state index contributed by atoms with van der Waals surface area (Å²) >= 11 is 0. The minimum Gasteiger partial charge on any atom is -0.382 e. The summed E-state index contributed by atoms with van der Waals surface area (Å²) in [6.45, 7) is 4.39. The van der Waals surface area contributed by atoms with E-state index >= 15 is 0 Å². The third-order valence-electron chi connectivity index (χ3n) is 5.05. The minimum absolute atomic E-state index is 0.127. The number of piperidine rings is 1. The second-order valence-corrected chi connectivity index (χ2v) is 8.75. The Morgan fingerprint density at radius 2 is 2.09 bits per heavy atom. The molecule has 2 fully saturated rings. The van der Waals surface area contributed by atoms with Gasteiger partial charge >= 0.3 is 0 Å². The van der Waals surface area contributed by atoms with E-state index in [0.717, 1.165) is 31.4 Å². The lowest BCUT2D eigenvalue weighted by atomic mass is 9.77. The third kappa shape index (κ3) is 3.45. The molecule has 2 heterocycles. The van der Waals surface area contributed by atoms with Gasteiger partial charge in [-0.05, 0) is 49.3 Å². The molecule has 5 nitrogen and oxygen atoms in total. The summed E-state index contributed by atoms with van der Waals surface area (Å²) in [5, 5.41) is 0. The van der Waals surface area contributed by atoms with E-state index in [-0.39, 0.29) is 11.5 Å². The number of sulfonamides is 1. The first-order valence-corrected chi connectivity index (χ1v) is 9.57. The van der Waals surface area contributed by atoms with Gasteiger partial charge in [-0.25, -0.2) is 8.42 Å². The molecule has 0 aliphatic carbocycles. The number of hydrogen-bond donors (Lipinski definition) is 0.